The zero-order valence-corrected chi connectivity index (χ0v) is 18.9. The fraction of sp³-hybridized carbons (Fsp3) is 0.160. The first-order valence-electron chi connectivity index (χ1n) is 10.0. The van der Waals surface area contributed by atoms with Gasteiger partial charge in [-0.1, -0.05) is 29.8 Å². The van der Waals surface area contributed by atoms with Crippen LogP contribution in [0.2, 0.25) is 0 Å². The van der Waals surface area contributed by atoms with Gasteiger partial charge in [-0.3, -0.25) is 9.59 Å². The lowest BCUT2D eigenvalue weighted by Gasteiger charge is -2.14. The van der Waals surface area contributed by atoms with Gasteiger partial charge in [0.2, 0.25) is 5.91 Å². The fourth-order valence-corrected chi connectivity index (χ4v) is 3.76. The van der Waals surface area contributed by atoms with Crippen molar-refractivity contribution < 1.29 is 19.1 Å². The van der Waals surface area contributed by atoms with E-state index >= 15 is 0 Å². The van der Waals surface area contributed by atoms with Gasteiger partial charge < -0.3 is 15.4 Å². The van der Waals surface area contributed by atoms with Crippen LogP contribution >= 0.6 is 11.8 Å². The summed E-state index contributed by atoms with van der Waals surface area (Å²) in [7, 11) is 1.30. The van der Waals surface area contributed by atoms with E-state index in [9.17, 15) is 14.4 Å². The average Bonchev–Trinajstić information content (AvgIpc) is 2.80. The van der Waals surface area contributed by atoms with Gasteiger partial charge >= 0.3 is 5.97 Å². The van der Waals surface area contributed by atoms with Gasteiger partial charge in [0.1, 0.15) is 0 Å². The van der Waals surface area contributed by atoms with E-state index in [1.54, 1.807) is 55.5 Å². The highest BCUT2D eigenvalue weighted by atomic mass is 32.2. The number of hydrogen-bond acceptors (Lipinski definition) is 5. The van der Waals surface area contributed by atoms with Crippen molar-refractivity contribution in [3.63, 3.8) is 0 Å². The molecule has 1 unspecified atom stereocenters. The summed E-state index contributed by atoms with van der Waals surface area (Å²) in [4.78, 5) is 37.7. The quantitative estimate of drug-likeness (QED) is 0.386. The smallest absolute Gasteiger partial charge is 0.339 e. The Morgan fingerprint density at radius 3 is 2.19 bits per heavy atom. The third-order valence-corrected chi connectivity index (χ3v) is 5.81. The molecule has 6 nitrogen and oxygen atoms in total. The number of para-hydroxylation sites is 1. The minimum Gasteiger partial charge on any atom is -0.465 e. The maximum absolute atomic E-state index is 12.6. The van der Waals surface area contributed by atoms with Crippen LogP contribution in [-0.2, 0) is 9.53 Å². The molecule has 0 aliphatic heterocycles. The van der Waals surface area contributed by atoms with Crippen molar-refractivity contribution in [3.8, 4) is 0 Å². The van der Waals surface area contributed by atoms with Crippen molar-refractivity contribution in [1.82, 2.24) is 0 Å². The molecular formula is C25H24N2O4S. The van der Waals surface area contributed by atoms with Crippen molar-refractivity contribution in [3.05, 3.63) is 89.5 Å². The number of nitrogens with one attached hydrogen (secondary N) is 2. The van der Waals surface area contributed by atoms with Crippen LogP contribution in [0.3, 0.4) is 0 Å². The van der Waals surface area contributed by atoms with Crippen molar-refractivity contribution in [1.29, 1.82) is 0 Å². The van der Waals surface area contributed by atoms with Crippen LogP contribution in [-0.4, -0.2) is 30.1 Å². The molecule has 0 bridgehead atoms. The molecule has 3 aromatic carbocycles. The molecule has 0 heterocycles. The Kier molecular flexibility index (Phi) is 7.68. The van der Waals surface area contributed by atoms with E-state index in [1.165, 1.54) is 18.9 Å². The van der Waals surface area contributed by atoms with E-state index in [2.05, 4.69) is 10.6 Å². The normalized spacial score (nSPS) is 11.3. The minimum atomic E-state index is -0.510. The van der Waals surface area contributed by atoms with Crippen molar-refractivity contribution in [2.75, 3.05) is 17.7 Å². The topological polar surface area (TPSA) is 84.5 Å². The lowest BCUT2D eigenvalue weighted by atomic mass is 10.1. The van der Waals surface area contributed by atoms with Gasteiger partial charge in [0.05, 0.1) is 23.6 Å². The molecule has 3 aromatic rings. The van der Waals surface area contributed by atoms with Crippen molar-refractivity contribution in [2.45, 2.75) is 24.0 Å². The third-order valence-electron chi connectivity index (χ3n) is 4.70. The van der Waals surface area contributed by atoms with Crippen LogP contribution in [0.4, 0.5) is 11.4 Å². The predicted octanol–water partition coefficient (Wildman–Crippen LogP) is 5.15. The lowest BCUT2D eigenvalue weighted by molar-refractivity contribution is -0.115. The van der Waals surface area contributed by atoms with E-state index in [1.807, 2.05) is 31.2 Å². The standard InChI is InChI=1S/C25H24N2O4S/c1-16-8-10-18(11-9-16)24(29)26-19-12-14-20(15-13-19)32-17(2)23(28)27-22-7-5-4-6-21(22)25(30)31-3/h4-15,17H,1-3H3,(H,26,29)(H,27,28). The molecule has 0 fully saturated rings. The molecule has 3 rings (SSSR count). The molecule has 0 aliphatic carbocycles. The van der Waals surface area contributed by atoms with Crippen LogP contribution in [0, 0.1) is 6.92 Å². The first kappa shape index (κ1) is 23.1. The number of amides is 2. The number of anilines is 2. The second-order valence-corrected chi connectivity index (χ2v) is 8.55. The zero-order valence-electron chi connectivity index (χ0n) is 18.0. The van der Waals surface area contributed by atoms with Gasteiger partial charge in [0, 0.05) is 16.1 Å². The number of thioether (sulfide) groups is 1. The van der Waals surface area contributed by atoms with Crippen molar-refractivity contribution in [2.24, 2.45) is 0 Å². The molecule has 32 heavy (non-hydrogen) atoms. The zero-order chi connectivity index (χ0) is 23.1. The van der Waals surface area contributed by atoms with E-state index < -0.39 is 11.2 Å². The Labute approximate surface area is 191 Å². The number of rotatable bonds is 7. The maximum atomic E-state index is 12.6. The highest BCUT2D eigenvalue weighted by molar-refractivity contribution is 8.00. The second kappa shape index (κ2) is 10.6. The third kappa shape index (κ3) is 5.98. The maximum Gasteiger partial charge on any atom is 0.339 e. The summed E-state index contributed by atoms with van der Waals surface area (Å²) in [5, 5.41) is 5.24. The monoisotopic (exact) mass is 448 g/mol. The molecular weight excluding hydrogens is 424 g/mol. The molecule has 0 aliphatic rings. The van der Waals surface area contributed by atoms with Crippen LogP contribution < -0.4 is 10.6 Å². The van der Waals surface area contributed by atoms with E-state index in [4.69, 9.17) is 4.74 Å². The Hall–Kier alpha value is -3.58. The number of carbonyl (C=O) groups excluding carboxylic acids is 3. The van der Waals surface area contributed by atoms with Gasteiger partial charge in [-0.15, -0.1) is 11.8 Å². The van der Waals surface area contributed by atoms with Crippen LogP contribution in [0.25, 0.3) is 0 Å². The van der Waals surface area contributed by atoms with Crippen molar-refractivity contribution >= 4 is 40.9 Å². The number of carbonyl (C=O) groups is 3. The SMILES string of the molecule is COC(=O)c1ccccc1NC(=O)C(C)Sc1ccc(NC(=O)c2ccc(C)cc2)cc1. The summed E-state index contributed by atoms with van der Waals surface area (Å²) < 4.78 is 4.76. The molecule has 0 aromatic heterocycles. The Bertz CT molecular complexity index is 1110. The summed E-state index contributed by atoms with van der Waals surface area (Å²) in [5.74, 6) is -0.921. The van der Waals surface area contributed by atoms with Crippen LogP contribution in [0.5, 0.6) is 0 Å². The largest absolute Gasteiger partial charge is 0.465 e. The molecule has 2 N–H and O–H groups in total. The molecule has 0 radical (unpaired) electrons. The highest BCUT2D eigenvalue weighted by Gasteiger charge is 2.18. The van der Waals surface area contributed by atoms with E-state index in [0.717, 1.165) is 10.5 Å². The van der Waals surface area contributed by atoms with Crippen LogP contribution in [0.15, 0.2) is 77.7 Å². The minimum absolute atomic E-state index is 0.178. The number of methoxy groups -OCH3 is 1. The molecule has 7 heteroatoms. The average molecular weight is 449 g/mol. The van der Waals surface area contributed by atoms with Gasteiger partial charge in [-0.05, 0) is 62.4 Å². The molecule has 0 saturated carbocycles. The molecule has 2 amide bonds. The van der Waals surface area contributed by atoms with Gasteiger partial charge in [0.25, 0.3) is 5.91 Å². The van der Waals surface area contributed by atoms with Crippen LogP contribution in [0.1, 0.15) is 33.2 Å². The fourth-order valence-electron chi connectivity index (χ4n) is 2.90. The highest BCUT2D eigenvalue weighted by Crippen LogP contribution is 2.26. The lowest BCUT2D eigenvalue weighted by Crippen LogP contribution is -2.23. The summed E-state index contributed by atoms with van der Waals surface area (Å²) in [5.41, 5.74) is 3.06. The molecule has 1 atom stereocenters. The number of benzene rings is 3. The summed E-state index contributed by atoms with van der Waals surface area (Å²) in [6.07, 6.45) is 0. The second-order valence-electron chi connectivity index (χ2n) is 7.13. The summed E-state index contributed by atoms with van der Waals surface area (Å²) in [6, 6.07) is 21.4. The van der Waals surface area contributed by atoms with E-state index in [0.29, 0.717) is 22.5 Å². The van der Waals surface area contributed by atoms with Gasteiger partial charge in [-0.25, -0.2) is 4.79 Å². The Balaban J connectivity index is 1.59. The van der Waals surface area contributed by atoms with Gasteiger partial charge in [0.15, 0.2) is 0 Å². The number of aryl methyl sites for hydroxylation is 1. The first-order chi connectivity index (χ1) is 15.4. The Morgan fingerprint density at radius 1 is 0.875 bits per heavy atom. The first-order valence-corrected chi connectivity index (χ1v) is 10.9. The van der Waals surface area contributed by atoms with E-state index in [-0.39, 0.29) is 11.8 Å². The summed E-state index contributed by atoms with van der Waals surface area (Å²) >= 11 is 1.38. The number of hydrogen-bond donors (Lipinski definition) is 2. The Morgan fingerprint density at radius 2 is 1.53 bits per heavy atom. The number of ether oxygens (including phenoxy) is 1. The number of esters is 1. The van der Waals surface area contributed by atoms with Gasteiger partial charge in [-0.2, -0.15) is 0 Å². The summed E-state index contributed by atoms with van der Waals surface area (Å²) in [6.45, 7) is 3.76. The molecule has 0 saturated heterocycles. The molecule has 164 valence electrons. The predicted molar refractivity (Wildman–Crippen MR) is 127 cm³/mol. The molecule has 0 spiro atoms.